The van der Waals surface area contributed by atoms with E-state index in [1.165, 1.54) is 12.1 Å². The molecule has 5 nitrogen and oxygen atoms in total. The van der Waals surface area contributed by atoms with E-state index in [1.54, 1.807) is 18.3 Å². The molecule has 6 heteroatoms. The highest BCUT2D eigenvalue weighted by molar-refractivity contribution is 5.97. The first-order valence-electron chi connectivity index (χ1n) is 8.83. The summed E-state index contributed by atoms with van der Waals surface area (Å²) in [6.07, 6.45) is 3.53. The molecule has 134 valence electrons. The van der Waals surface area contributed by atoms with Gasteiger partial charge in [-0.05, 0) is 42.5 Å². The number of aromatic nitrogens is 2. The molecule has 26 heavy (non-hydrogen) atoms. The second kappa shape index (κ2) is 6.52. The zero-order valence-electron chi connectivity index (χ0n) is 14.8. The normalized spacial score (nSPS) is 14.2. The van der Waals surface area contributed by atoms with Gasteiger partial charge in [-0.15, -0.1) is 0 Å². The first-order valence-corrected chi connectivity index (χ1v) is 8.83. The van der Waals surface area contributed by atoms with Crippen LogP contribution in [0.4, 0.5) is 4.39 Å². The Bertz CT molecular complexity index is 945. The largest absolute Gasteiger partial charge is 0.336 e. The van der Waals surface area contributed by atoms with Gasteiger partial charge < -0.3 is 9.42 Å². The van der Waals surface area contributed by atoms with Crippen LogP contribution in [0.1, 0.15) is 54.2 Å². The number of nitrogens with zero attached hydrogens (tertiary/aromatic N) is 3. The maximum absolute atomic E-state index is 13.1. The first kappa shape index (κ1) is 16.7. The van der Waals surface area contributed by atoms with Gasteiger partial charge in [-0.1, -0.05) is 31.1 Å². The van der Waals surface area contributed by atoms with Gasteiger partial charge in [0.2, 0.25) is 0 Å². The van der Waals surface area contributed by atoms with Gasteiger partial charge in [-0.2, -0.15) is 0 Å². The van der Waals surface area contributed by atoms with E-state index in [1.807, 2.05) is 24.8 Å². The molecule has 0 saturated heterocycles. The van der Waals surface area contributed by atoms with Crippen molar-refractivity contribution in [2.75, 3.05) is 0 Å². The summed E-state index contributed by atoms with van der Waals surface area (Å²) in [5, 5.41) is 4.85. The third-order valence-electron chi connectivity index (χ3n) is 4.67. The number of carbonyl (C=O) groups is 1. The number of fused-ring (bicyclic) bond motifs is 1. The van der Waals surface area contributed by atoms with Gasteiger partial charge in [0.1, 0.15) is 5.82 Å². The number of hydrogen-bond acceptors (Lipinski definition) is 4. The summed E-state index contributed by atoms with van der Waals surface area (Å²) in [5.74, 6) is -0.161. The van der Waals surface area contributed by atoms with Crippen molar-refractivity contribution in [2.45, 2.75) is 45.2 Å². The monoisotopic (exact) mass is 353 g/mol. The van der Waals surface area contributed by atoms with Gasteiger partial charge in [0.25, 0.3) is 11.6 Å². The van der Waals surface area contributed by atoms with Crippen molar-refractivity contribution in [2.24, 2.45) is 0 Å². The van der Waals surface area contributed by atoms with Crippen molar-refractivity contribution in [1.29, 1.82) is 0 Å². The smallest absolute Gasteiger partial charge is 0.257 e. The number of rotatable bonds is 5. The Morgan fingerprint density at radius 1 is 1.31 bits per heavy atom. The highest BCUT2D eigenvalue weighted by atomic mass is 19.1. The summed E-state index contributed by atoms with van der Waals surface area (Å²) in [6.45, 7) is 4.51. The molecule has 2 heterocycles. The van der Waals surface area contributed by atoms with Crippen LogP contribution in [-0.2, 0) is 6.54 Å². The summed E-state index contributed by atoms with van der Waals surface area (Å²) in [5.41, 5.74) is 2.69. The van der Waals surface area contributed by atoms with Crippen molar-refractivity contribution in [3.8, 4) is 0 Å². The highest BCUT2D eigenvalue weighted by Gasteiger charge is 2.33. The molecule has 1 aromatic carbocycles. The van der Waals surface area contributed by atoms with Crippen LogP contribution in [0.15, 0.2) is 41.1 Å². The van der Waals surface area contributed by atoms with Gasteiger partial charge in [0.05, 0.1) is 16.6 Å². The lowest BCUT2D eigenvalue weighted by Crippen LogP contribution is -2.32. The SMILES string of the molecule is CC(C)c1noc2ncc(C(=O)N(Cc3ccc(F)cc3)C3CC3)cc12. The predicted octanol–water partition coefficient (Wildman–Crippen LogP) is 4.29. The topological polar surface area (TPSA) is 59.2 Å². The third kappa shape index (κ3) is 3.19. The summed E-state index contributed by atoms with van der Waals surface area (Å²) in [6, 6.07) is 8.33. The minimum atomic E-state index is -0.277. The number of amides is 1. The van der Waals surface area contributed by atoms with Gasteiger partial charge in [-0.25, -0.2) is 9.37 Å². The second-order valence-electron chi connectivity index (χ2n) is 7.09. The van der Waals surface area contributed by atoms with Crippen molar-refractivity contribution < 1.29 is 13.7 Å². The molecule has 0 N–H and O–H groups in total. The fourth-order valence-corrected chi connectivity index (χ4v) is 3.09. The maximum Gasteiger partial charge on any atom is 0.257 e. The Balaban J connectivity index is 1.64. The lowest BCUT2D eigenvalue weighted by atomic mass is 10.1. The molecule has 1 fully saturated rings. The zero-order valence-corrected chi connectivity index (χ0v) is 14.8. The molecule has 4 rings (SSSR count). The highest BCUT2D eigenvalue weighted by Crippen LogP contribution is 2.31. The van der Waals surface area contributed by atoms with Crippen LogP contribution in [0.3, 0.4) is 0 Å². The number of halogens is 1. The molecule has 0 spiro atoms. The summed E-state index contributed by atoms with van der Waals surface area (Å²) < 4.78 is 18.4. The van der Waals surface area contributed by atoms with Gasteiger partial charge in [-0.3, -0.25) is 4.79 Å². The quantitative estimate of drug-likeness (QED) is 0.686. The van der Waals surface area contributed by atoms with E-state index in [2.05, 4.69) is 10.1 Å². The van der Waals surface area contributed by atoms with Crippen molar-refractivity contribution in [3.05, 3.63) is 59.2 Å². The van der Waals surface area contributed by atoms with Crippen LogP contribution >= 0.6 is 0 Å². The van der Waals surface area contributed by atoms with Gasteiger partial charge in [0, 0.05) is 18.8 Å². The first-order chi connectivity index (χ1) is 12.5. The lowest BCUT2D eigenvalue weighted by Gasteiger charge is -2.22. The lowest BCUT2D eigenvalue weighted by molar-refractivity contribution is 0.0729. The molecule has 0 bridgehead atoms. The number of benzene rings is 1. The van der Waals surface area contributed by atoms with Crippen LogP contribution < -0.4 is 0 Å². The van der Waals surface area contributed by atoms with E-state index < -0.39 is 0 Å². The van der Waals surface area contributed by atoms with E-state index in [0.29, 0.717) is 17.8 Å². The third-order valence-corrected chi connectivity index (χ3v) is 4.67. The number of hydrogen-bond donors (Lipinski definition) is 0. The Morgan fingerprint density at radius 3 is 2.69 bits per heavy atom. The number of pyridine rings is 1. The van der Waals surface area contributed by atoms with Gasteiger partial charge >= 0.3 is 0 Å². The fraction of sp³-hybridized carbons (Fsp3) is 0.350. The molecule has 1 saturated carbocycles. The molecular formula is C20H20FN3O2. The van der Waals surface area contributed by atoms with E-state index in [9.17, 15) is 9.18 Å². The molecule has 1 aliphatic carbocycles. The summed E-state index contributed by atoms with van der Waals surface area (Å²) in [4.78, 5) is 19.2. The van der Waals surface area contributed by atoms with E-state index in [0.717, 1.165) is 29.5 Å². The van der Waals surface area contributed by atoms with Crippen LogP contribution in [-0.4, -0.2) is 27.0 Å². The average Bonchev–Trinajstić information content (AvgIpc) is 3.38. The Kier molecular flexibility index (Phi) is 4.18. The molecule has 0 unspecified atom stereocenters. The Morgan fingerprint density at radius 2 is 2.04 bits per heavy atom. The molecular weight excluding hydrogens is 333 g/mol. The zero-order chi connectivity index (χ0) is 18.3. The van der Waals surface area contributed by atoms with Crippen LogP contribution in [0.5, 0.6) is 0 Å². The maximum atomic E-state index is 13.1. The van der Waals surface area contributed by atoms with E-state index in [-0.39, 0.29) is 23.7 Å². The summed E-state index contributed by atoms with van der Waals surface area (Å²) in [7, 11) is 0. The van der Waals surface area contributed by atoms with Crippen molar-refractivity contribution >= 4 is 17.0 Å². The second-order valence-corrected chi connectivity index (χ2v) is 7.09. The fourth-order valence-electron chi connectivity index (χ4n) is 3.09. The summed E-state index contributed by atoms with van der Waals surface area (Å²) >= 11 is 0. The van der Waals surface area contributed by atoms with Crippen molar-refractivity contribution in [1.82, 2.24) is 15.0 Å². The van der Waals surface area contributed by atoms with Gasteiger partial charge in [0.15, 0.2) is 0 Å². The number of carbonyl (C=O) groups excluding carboxylic acids is 1. The average molecular weight is 353 g/mol. The van der Waals surface area contributed by atoms with E-state index >= 15 is 0 Å². The Hall–Kier alpha value is -2.76. The molecule has 3 aromatic rings. The standard InChI is InChI=1S/C20H20FN3O2/c1-12(2)18-17-9-14(10-22-19(17)26-23-18)20(25)24(16-7-8-16)11-13-3-5-15(21)6-4-13/h3-6,9-10,12,16H,7-8,11H2,1-2H3. The van der Waals surface area contributed by atoms with E-state index in [4.69, 9.17) is 4.52 Å². The molecule has 0 atom stereocenters. The van der Waals surface area contributed by atoms with Crippen LogP contribution in [0.25, 0.3) is 11.1 Å². The molecule has 2 aromatic heterocycles. The molecule has 0 radical (unpaired) electrons. The Labute approximate surface area is 150 Å². The molecule has 0 aliphatic heterocycles. The molecule has 1 aliphatic rings. The van der Waals surface area contributed by atoms with Crippen LogP contribution in [0, 0.1) is 5.82 Å². The minimum absolute atomic E-state index is 0.0675. The predicted molar refractivity (Wildman–Crippen MR) is 95.2 cm³/mol. The minimum Gasteiger partial charge on any atom is -0.336 e. The van der Waals surface area contributed by atoms with Crippen LogP contribution in [0.2, 0.25) is 0 Å². The molecule has 1 amide bonds. The van der Waals surface area contributed by atoms with Crippen molar-refractivity contribution in [3.63, 3.8) is 0 Å².